The Labute approximate surface area is 195 Å². The van der Waals surface area contributed by atoms with Crippen LogP contribution in [0.2, 0.25) is 0 Å². The standard InChI is InChI=1S/C27H33N3O3/c1-4-5-10-18-29(26(31)20-12-11-13-20)19(2)25-28-22-15-7-6-14-21(22)27(32)30(25)23-16-8-9-17-24(23)33-3/h6-9,14-17,19-20H,4-5,10-13,18H2,1-3H3. The first-order valence-electron chi connectivity index (χ1n) is 12.0. The number of fused-ring (bicyclic) bond motifs is 1. The summed E-state index contributed by atoms with van der Waals surface area (Å²) in [7, 11) is 1.60. The molecule has 1 unspecified atom stereocenters. The molecule has 0 spiro atoms. The van der Waals surface area contributed by atoms with E-state index in [4.69, 9.17) is 9.72 Å². The molecule has 1 amide bonds. The Balaban J connectivity index is 1.88. The molecule has 2 aromatic carbocycles. The maximum absolute atomic E-state index is 13.7. The summed E-state index contributed by atoms with van der Waals surface area (Å²) < 4.78 is 7.22. The summed E-state index contributed by atoms with van der Waals surface area (Å²) >= 11 is 0. The predicted octanol–water partition coefficient (Wildman–Crippen LogP) is 5.27. The van der Waals surface area contributed by atoms with Crippen molar-refractivity contribution >= 4 is 16.8 Å². The number of hydrogen-bond donors (Lipinski definition) is 0. The van der Waals surface area contributed by atoms with Gasteiger partial charge in [0.25, 0.3) is 5.56 Å². The zero-order valence-electron chi connectivity index (χ0n) is 19.8. The maximum Gasteiger partial charge on any atom is 0.266 e. The van der Waals surface area contributed by atoms with E-state index in [1.54, 1.807) is 17.7 Å². The minimum Gasteiger partial charge on any atom is -0.495 e. The van der Waals surface area contributed by atoms with Crippen molar-refractivity contribution in [3.63, 3.8) is 0 Å². The second kappa shape index (κ2) is 10.2. The lowest BCUT2D eigenvalue weighted by Crippen LogP contribution is -2.43. The second-order valence-corrected chi connectivity index (χ2v) is 8.84. The third-order valence-electron chi connectivity index (χ3n) is 6.71. The van der Waals surface area contributed by atoms with Crippen LogP contribution in [0.15, 0.2) is 53.3 Å². The molecule has 6 nitrogen and oxygen atoms in total. The summed E-state index contributed by atoms with van der Waals surface area (Å²) in [6.45, 7) is 4.82. The van der Waals surface area contributed by atoms with Crippen molar-refractivity contribution in [3.05, 3.63) is 64.7 Å². The Morgan fingerprint density at radius 3 is 2.58 bits per heavy atom. The number of ether oxygens (including phenoxy) is 1. The van der Waals surface area contributed by atoms with Crippen LogP contribution in [0.3, 0.4) is 0 Å². The quantitative estimate of drug-likeness (QED) is 0.419. The van der Waals surface area contributed by atoms with Gasteiger partial charge >= 0.3 is 0 Å². The molecule has 1 aliphatic carbocycles. The molecule has 1 aliphatic rings. The number of benzene rings is 2. The number of carbonyl (C=O) groups is 1. The average molecular weight is 448 g/mol. The fourth-order valence-corrected chi connectivity index (χ4v) is 4.53. The van der Waals surface area contributed by atoms with E-state index in [1.807, 2.05) is 54.3 Å². The highest BCUT2D eigenvalue weighted by atomic mass is 16.5. The zero-order chi connectivity index (χ0) is 23.4. The van der Waals surface area contributed by atoms with Crippen molar-refractivity contribution in [1.29, 1.82) is 0 Å². The zero-order valence-corrected chi connectivity index (χ0v) is 19.8. The van der Waals surface area contributed by atoms with E-state index in [0.29, 0.717) is 34.7 Å². The molecule has 174 valence electrons. The van der Waals surface area contributed by atoms with E-state index in [0.717, 1.165) is 38.5 Å². The molecular formula is C27H33N3O3. The SMILES string of the molecule is CCCCCN(C(=O)C1CCC1)C(C)c1nc2ccccc2c(=O)n1-c1ccccc1OC. The van der Waals surface area contributed by atoms with E-state index < -0.39 is 0 Å². The summed E-state index contributed by atoms with van der Waals surface area (Å²) in [5, 5.41) is 0.544. The first kappa shape index (κ1) is 23.0. The lowest BCUT2D eigenvalue weighted by atomic mass is 9.84. The number of carbonyl (C=O) groups excluding carboxylic acids is 1. The van der Waals surface area contributed by atoms with Crippen LogP contribution in [0.1, 0.15) is 64.2 Å². The Kier molecular flexibility index (Phi) is 7.11. The van der Waals surface area contributed by atoms with Crippen LogP contribution in [0.25, 0.3) is 16.6 Å². The molecule has 4 rings (SSSR count). The first-order valence-corrected chi connectivity index (χ1v) is 12.0. The van der Waals surface area contributed by atoms with Gasteiger partial charge in [-0.15, -0.1) is 0 Å². The lowest BCUT2D eigenvalue weighted by Gasteiger charge is -2.36. The molecule has 1 atom stereocenters. The van der Waals surface area contributed by atoms with Gasteiger partial charge in [0.05, 0.1) is 29.7 Å². The monoisotopic (exact) mass is 447 g/mol. The van der Waals surface area contributed by atoms with Gasteiger partial charge in [-0.3, -0.25) is 14.2 Å². The van der Waals surface area contributed by atoms with Gasteiger partial charge in [-0.2, -0.15) is 0 Å². The Morgan fingerprint density at radius 2 is 1.88 bits per heavy atom. The molecule has 0 saturated heterocycles. The highest BCUT2D eigenvalue weighted by Crippen LogP contribution is 2.33. The molecule has 1 saturated carbocycles. The van der Waals surface area contributed by atoms with Gasteiger partial charge in [0.1, 0.15) is 11.6 Å². The largest absolute Gasteiger partial charge is 0.495 e. The van der Waals surface area contributed by atoms with Crippen molar-refractivity contribution in [2.75, 3.05) is 13.7 Å². The fourth-order valence-electron chi connectivity index (χ4n) is 4.53. The first-order chi connectivity index (χ1) is 16.1. The second-order valence-electron chi connectivity index (χ2n) is 8.84. The number of rotatable bonds is 9. The smallest absolute Gasteiger partial charge is 0.266 e. The third-order valence-corrected chi connectivity index (χ3v) is 6.71. The van der Waals surface area contributed by atoms with Gasteiger partial charge in [0.2, 0.25) is 5.91 Å². The normalized spacial score (nSPS) is 14.6. The predicted molar refractivity (Wildman–Crippen MR) is 131 cm³/mol. The van der Waals surface area contributed by atoms with Crippen molar-refractivity contribution in [1.82, 2.24) is 14.5 Å². The third kappa shape index (κ3) is 4.52. The molecular weight excluding hydrogens is 414 g/mol. The van der Waals surface area contributed by atoms with Crippen molar-refractivity contribution in [2.45, 2.75) is 58.4 Å². The van der Waals surface area contributed by atoms with Gasteiger partial charge in [-0.05, 0) is 50.5 Å². The topological polar surface area (TPSA) is 64.4 Å². The number of methoxy groups -OCH3 is 1. The molecule has 33 heavy (non-hydrogen) atoms. The minimum atomic E-state index is -0.350. The lowest BCUT2D eigenvalue weighted by molar-refractivity contribution is -0.140. The number of aromatic nitrogens is 2. The Morgan fingerprint density at radius 1 is 1.15 bits per heavy atom. The number of hydrogen-bond acceptors (Lipinski definition) is 4. The number of nitrogens with zero attached hydrogens (tertiary/aromatic N) is 3. The van der Waals surface area contributed by atoms with Gasteiger partial charge in [-0.25, -0.2) is 4.98 Å². The van der Waals surface area contributed by atoms with Gasteiger partial charge in [0.15, 0.2) is 0 Å². The van der Waals surface area contributed by atoms with Crippen LogP contribution < -0.4 is 10.3 Å². The highest BCUT2D eigenvalue weighted by Gasteiger charge is 2.34. The fraction of sp³-hybridized carbons (Fsp3) is 0.444. The van der Waals surface area contributed by atoms with Crippen molar-refractivity contribution < 1.29 is 9.53 Å². The van der Waals surface area contributed by atoms with Crippen LogP contribution in [-0.4, -0.2) is 34.0 Å². The molecule has 3 aromatic rings. The van der Waals surface area contributed by atoms with Gasteiger partial charge in [0, 0.05) is 12.5 Å². The van der Waals surface area contributed by atoms with Gasteiger partial charge in [-0.1, -0.05) is 50.5 Å². The van der Waals surface area contributed by atoms with Crippen molar-refractivity contribution in [3.8, 4) is 11.4 Å². The number of para-hydroxylation sites is 3. The molecule has 1 heterocycles. The van der Waals surface area contributed by atoms with Crippen LogP contribution in [0.5, 0.6) is 5.75 Å². The van der Waals surface area contributed by atoms with E-state index in [9.17, 15) is 9.59 Å². The molecule has 0 radical (unpaired) electrons. The molecule has 1 fully saturated rings. The van der Waals surface area contributed by atoms with Crippen LogP contribution in [0, 0.1) is 5.92 Å². The maximum atomic E-state index is 13.7. The minimum absolute atomic E-state index is 0.0842. The molecule has 0 aliphatic heterocycles. The molecule has 1 aromatic heterocycles. The van der Waals surface area contributed by atoms with E-state index in [1.165, 1.54) is 0 Å². The van der Waals surface area contributed by atoms with Crippen LogP contribution in [-0.2, 0) is 4.79 Å². The Hall–Kier alpha value is -3.15. The average Bonchev–Trinajstić information content (AvgIpc) is 2.80. The van der Waals surface area contributed by atoms with E-state index in [-0.39, 0.29) is 23.4 Å². The molecule has 0 N–H and O–H groups in total. The summed E-state index contributed by atoms with van der Waals surface area (Å²) in [4.78, 5) is 34.1. The summed E-state index contributed by atoms with van der Waals surface area (Å²) in [5.41, 5.74) is 1.12. The Bertz CT molecular complexity index is 1180. The van der Waals surface area contributed by atoms with Gasteiger partial charge < -0.3 is 9.64 Å². The summed E-state index contributed by atoms with van der Waals surface area (Å²) in [6.07, 6.45) is 6.08. The van der Waals surface area contributed by atoms with E-state index >= 15 is 0 Å². The summed E-state index contributed by atoms with van der Waals surface area (Å²) in [6, 6.07) is 14.5. The summed E-state index contributed by atoms with van der Waals surface area (Å²) in [5.74, 6) is 1.42. The van der Waals surface area contributed by atoms with Crippen LogP contribution in [0.4, 0.5) is 0 Å². The highest BCUT2D eigenvalue weighted by molar-refractivity contribution is 5.81. The van der Waals surface area contributed by atoms with E-state index in [2.05, 4.69) is 6.92 Å². The number of unbranched alkanes of at least 4 members (excludes halogenated alkanes) is 2. The van der Waals surface area contributed by atoms with Crippen molar-refractivity contribution in [2.24, 2.45) is 5.92 Å². The molecule has 6 heteroatoms. The number of amides is 1. The molecule has 0 bridgehead atoms. The van der Waals surface area contributed by atoms with Crippen LogP contribution >= 0.6 is 0 Å².